The normalized spacial score (nSPS) is 14.7. The summed E-state index contributed by atoms with van der Waals surface area (Å²) in [6.45, 7) is 7.92. The van der Waals surface area contributed by atoms with Gasteiger partial charge in [0.15, 0.2) is 0 Å². The summed E-state index contributed by atoms with van der Waals surface area (Å²) in [5, 5.41) is 0.757. The van der Waals surface area contributed by atoms with Crippen molar-refractivity contribution in [1.29, 1.82) is 0 Å². The molecule has 0 rings (SSSR count). The molecule has 0 aliphatic carbocycles. The van der Waals surface area contributed by atoms with Crippen LogP contribution in [0.15, 0.2) is 0 Å². The van der Waals surface area contributed by atoms with Crippen molar-refractivity contribution in [2.75, 3.05) is 19.8 Å². The minimum atomic E-state index is 0.676. The van der Waals surface area contributed by atoms with Gasteiger partial charge in [-0.25, -0.2) is 0 Å². The molecular formula is C8H19NS. The molecule has 0 aromatic heterocycles. The predicted octanol–water partition coefficient (Wildman–Crippen LogP) is 2.08. The molecule has 0 N–H and O–H groups in total. The molecule has 0 bridgehead atoms. The molecule has 0 spiro atoms. The molecular weight excluding hydrogens is 142 g/mol. The van der Waals surface area contributed by atoms with E-state index in [0.717, 1.165) is 5.25 Å². The lowest BCUT2D eigenvalue weighted by molar-refractivity contribution is 0.278. The molecule has 2 heteroatoms. The van der Waals surface area contributed by atoms with Crippen molar-refractivity contribution in [1.82, 2.24) is 4.90 Å². The van der Waals surface area contributed by atoms with Crippen LogP contribution in [0, 0.1) is 0 Å². The molecule has 0 aromatic carbocycles. The predicted molar refractivity (Wildman–Crippen MR) is 50.7 cm³/mol. The molecule has 10 heavy (non-hydrogen) atoms. The highest BCUT2D eigenvalue weighted by Gasteiger charge is 2.06. The van der Waals surface area contributed by atoms with Crippen LogP contribution in [0.25, 0.3) is 0 Å². The largest absolute Gasteiger partial charge is 0.303 e. The Bertz CT molecular complexity index is 83.3. The maximum atomic E-state index is 2.38. The van der Waals surface area contributed by atoms with Crippen molar-refractivity contribution < 1.29 is 0 Å². The van der Waals surface area contributed by atoms with Gasteiger partial charge in [0, 0.05) is 17.8 Å². The van der Waals surface area contributed by atoms with E-state index in [4.69, 9.17) is 0 Å². The van der Waals surface area contributed by atoms with Gasteiger partial charge < -0.3 is 4.90 Å². The van der Waals surface area contributed by atoms with Gasteiger partial charge in [-0.1, -0.05) is 6.92 Å². The molecule has 62 valence electrons. The number of hydrogen-bond donors (Lipinski definition) is 0. The van der Waals surface area contributed by atoms with E-state index in [1.807, 2.05) is 11.8 Å². The zero-order chi connectivity index (χ0) is 8.15. The molecule has 0 aliphatic rings. The summed E-state index contributed by atoms with van der Waals surface area (Å²) in [5.74, 6) is 0. The zero-order valence-corrected chi connectivity index (χ0v) is 8.53. The third-order valence-corrected chi connectivity index (χ3v) is 2.78. The monoisotopic (exact) mass is 161 g/mol. The Labute approximate surface area is 69.2 Å². The lowest BCUT2D eigenvalue weighted by Gasteiger charge is -2.23. The van der Waals surface area contributed by atoms with Gasteiger partial charge in [0.05, 0.1) is 0 Å². The second-order valence-corrected chi connectivity index (χ2v) is 4.36. The summed E-state index contributed by atoms with van der Waals surface area (Å²) >= 11 is 1.93. The highest BCUT2D eigenvalue weighted by Crippen LogP contribution is 2.07. The van der Waals surface area contributed by atoms with Gasteiger partial charge >= 0.3 is 0 Å². The molecule has 0 saturated heterocycles. The van der Waals surface area contributed by atoms with Gasteiger partial charge in [0.25, 0.3) is 0 Å². The Morgan fingerprint density at radius 3 is 2.10 bits per heavy atom. The van der Waals surface area contributed by atoms with Crippen LogP contribution < -0.4 is 0 Å². The molecule has 0 radical (unpaired) electrons. The Morgan fingerprint density at radius 1 is 1.30 bits per heavy atom. The van der Waals surface area contributed by atoms with Crippen LogP contribution in [0.4, 0.5) is 0 Å². The Balaban J connectivity index is 3.46. The highest BCUT2D eigenvalue weighted by atomic mass is 32.2. The standard InChI is InChI=1S/C8H19NS/c1-7(2)9(4)6-8(3)10-5/h7-8H,6H2,1-5H3/t8-/m1/s1. The third kappa shape index (κ3) is 4.18. The van der Waals surface area contributed by atoms with E-state index < -0.39 is 0 Å². The smallest absolute Gasteiger partial charge is 0.0143 e. The minimum Gasteiger partial charge on any atom is -0.303 e. The summed E-state index contributed by atoms with van der Waals surface area (Å²) < 4.78 is 0. The fourth-order valence-electron chi connectivity index (χ4n) is 0.691. The van der Waals surface area contributed by atoms with E-state index in [-0.39, 0.29) is 0 Å². The first-order valence-corrected chi connectivity index (χ1v) is 5.09. The van der Waals surface area contributed by atoms with Crippen molar-refractivity contribution in [3.63, 3.8) is 0 Å². The van der Waals surface area contributed by atoms with Crippen LogP contribution in [-0.2, 0) is 0 Å². The topological polar surface area (TPSA) is 3.24 Å². The fourth-order valence-corrected chi connectivity index (χ4v) is 1.08. The average molecular weight is 161 g/mol. The molecule has 0 amide bonds. The third-order valence-electron chi connectivity index (χ3n) is 1.83. The first kappa shape index (κ1) is 10.3. The van der Waals surface area contributed by atoms with Gasteiger partial charge in [0.1, 0.15) is 0 Å². The van der Waals surface area contributed by atoms with Gasteiger partial charge in [-0.15, -0.1) is 0 Å². The van der Waals surface area contributed by atoms with Gasteiger partial charge in [-0.3, -0.25) is 0 Å². The summed E-state index contributed by atoms with van der Waals surface area (Å²) in [7, 11) is 2.18. The van der Waals surface area contributed by atoms with Crippen molar-refractivity contribution >= 4 is 11.8 Å². The van der Waals surface area contributed by atoms with Gasteiger partial charge in [0.2, 0.25) is 0 Å². The Hall–Kier alpha value is 0.310. The minimum absolute atomic E-state index is 0.676. The Morgan fingerprint density at radius 2 is 1.80 bits per heavy atom. The zero-order valence-electron chi connectivity index (χ0n) is 7.72. The summed E-state index contributed by atoms with van der Waals surface area (Å²) in [6, 6.07) is 0.676. The molecule has 0 fully saturated rings. The van der Waals surface area contributed by atoms with E-state index >= 15 is 0 Å². The van der Waals surface area contributed by atoms with E-state index in [1.165, 1.54) is 6.54 Å². The molecule has 1 nitrogen and oxygen atoms in total. The lowest BCUT2D eigenvalue weighted by Crippen LogP contribution is -2.31. The van der Waals surface area contributed by atoms with Gasteiger partial charge in [-0.05, 0) is 27.2 Å². The highest BCUT2D eigenvalue weighted by molar-refractivity contribution is 7.99. The van der Waals surface area contributed by atoms with Crippen molar-refractivity contribution in [3.8, 4) is 0 Å². The van der Waals surface area contributed by atoms with Crippen LogP contribution in [0.3, 0.4) is 0 Å². The van der Waals surface area contributed by atoms with Crippen LogP contribution in [0.1, 0.15) is 20.8 Å². The Kier molecular flexibility index (Phi) is 5.18. The van der Waals surface area contributed by atoms with E-state index in [2.05, 4.69) is 39.0 Å². The molecule has 0 aliphatic heterocycles. The van der Waals surface area contributed by atoms with Crippen molar-refractivity contribution in [2.24, 2.45) is 0 Å². The molecule has 0 unspecified atom stereocenters. The second kappa shape index (κ2) is 5.03. The lowest BCUT2D eigenvalue weighted by atomic mass is 10.3. The number of hydrogen-bond acceptors (Lipinski definition) is 2. The first-order valence-electron chi connectivity index (χ1n) is 3.81. The van der Waals surface area contributed by atoms with Crippen LogP contribution in [0.5, 0.6) is 0 Å². The first-order chi connectivity index (χ1) is 4.57. The van der Waals surface area contributed by atoms with Crippen LogP contribution >= 0.6 is 11.8 Å². The average Bonchev–Trinajstić information content (AvgIpc) is 1.87. The van der Waals surface area contributed by atoms with Crippen LogP contribution in [0.2, 0.25) is 0 Å². The van der Waals surface area contributed by atoms with E-state index in [9.17, 15) is 0 Å². The molecule has 1 atom stereocenters. The maximum absolute atomic E-state index is 2.38. The number of nitrogens with zero attached hydrogens (tertiary/aromatic N) is 1. The van der Waals surface area contributed by atoms with Crippen molar-refractivity contribution in [2.45, 2.75) is 32.1 Å². The maximum Gasteiger partial charge on any atom is 0.0143 e. The molecule has 0 heterocycles. The summed E-state index contributed by atoms with van der Waals surface area (Å²) in [4.78, 5) is 2.38. The molecule has 0 saturated carbocycles. The summed E-state index contributed by atoms with van der Waals surface area (Å²) in [6.07, 6.45) is 2.17. The fraction of sp³-hybridized carbons (Fsp3) is 1.00. The number of thioether (sulfide) groups is 1. The quantitative estimate of drug-likeness (QED) is 0.621. The van der Waals surface area contributed by atoms with Gasteiger partial charge in [-0.2, -0.15) is 11.8 Å². The van der Waals surface area contributed by atoms with E-state index in [1.54, 1.807) is 0 Å². The SMILES string of the molecule is CS[C@H](C)CN(C)C(C)C. The molecule has 0 aromatic rings. The van der Waals surface area contributed by atoms with Crippen molar-refractivity contribution in [3.05, 3.63) is 0 Å². The van der Waals surface area contributed by atoms with E-state index in [0.29, 0.717) is 6.04 Å². The van der Waals surface area contributed by atoms with Crippen LogP contribution in [-0.4, -0.2) is 36.0 Å². The number of rotatable bonds is 4. The summed E-state index contributed by atoms with van der Waals surface area (Å²) in [5.41, 5.74) is 0. The second-order valence-electron chi connectivity index (χ2n) is 3.08.